The first kappa shape index (κ1) is 20.5. The monoisotopic (exact) mass is 488 g/mol. The van der Waals surface area contributed by atoms with Crippen molar-refractivity contribution in [1.29, 1.82) is 0 Å². The Morgan fingerprint density at radius 2 is 1.79 bits per heavy atom. The molecule has 0 radical (unpaired) electrons. The van der Waals surface area contributed by atoms with Crippen LogP contribution in [0.5, 0.6) is 0 Å². The lowest BCUT2D eigenvalue weighted by molar-refractivity contribution is 0.626. The molecule has 0 aliphatic carbocycles. The molecule has 33 heavy (non-hydrogen) atoms. The fraction of sp³-hybridized carbons (Fsp3) is 0.0800. The summed E-state index contributed by atoms with van der Waals surface area (Å²) in [6.45, 7) is 2.07. The third kappa shape index (κ3) is 3.45. The molecule has 0 bridgehead atoms. The molecule has 8 heteroatoms. The molecule has 0 aliphatic rings. The van der Waals surface area contributed by atoms with Gasteiger partial charge >= 0.3 is 0 Å². The number of aryl methyl sites for hydroxylation is 1. The van der Waals surface area contributed by atoms with E-state index in [1.54, 1.807) is 23.9 Å². The third-order valence-corrected chi connectivity index (χ3v) is 7.93. The van der Waals surface area contributed by atoms with Crippen molar-refractivity contribution in [3.63, 3.8) is 0 Å². The highest BCUT2D eigenvalue weighted by Gasteiger charge is 2.20. The van der Waals surface area contributed by atoms with Gasteiger partial charge in [0.25, 0.3) is 0 Å². The number of halogens is 1. The maximum atomic E-state index is 13.7. The number of hydrogen-bond acceptors (Lipinski definition) is 5. The number of para-hydroxylation sites is 3. The summed E-state index contributed by atoms with van der Waals surface area (Å²) >= 11 is 8.88. The second kappa shape index (κ2) is 8.06. The molecule has 0 aliphatic heterocycles. The predicted molar refractivity (Wildman–Crippen MR) is 137 cm³/mol. The lowest BCUT2D eigenvalue weighted by Gasteiger charge is -2.10. The minimum atomic E-state index is -0.235. The highest BCUT2D eigenvalue weighted by molar-refractivity contribution is 7.98. The Hall–Kier alpha value is -3.07. The summed E-state index contributed by atoms with van der Waals surface area (Å²) < 4.78 is 19.6. The van der Waals surface area contributed by atoms with Crippen molar-refractivity contribution in [1.82, 2.24) is 18.9 Å². The molecule has 0 saturated heterocycles. The molecule has 0 N–H and O–H groups in total. The number of hydrogen-bond donors (Lipinski definition) is 0. The van der Waals surface area contributed by atoms with E-state index in [9.17, 15) is 4.39 Å². The summed E-state index contributed by atoms with van der Waals surface area (Å²) in [4.78, 5) is 10.0. The molecule has 0 unspecified atom stereocenters. The number of fused-ring (bicyclic) bond motifs is 5. The molecule has 6 rings (SSSR count). The van der Waals surface area contributed by atoms with E-state index in [0.717, 1.165) is 53.0 Å². The number of nitrogens with zero attached hydrogens (tertiary/aromatic N) is 4. The van der Waals surface area contributed by atoms with Gasteiger partial charge < -0.3 is 0 Å². The molecule has 0 saturated carbocycles. The summed E-state index contributed by atoms with van der Waals surface area (Å²) in [6, 6.07) is 22.9. The number of rotatable bonds is 4. The van der Waals surface area contributed by atoms with Gasteiger partial charge in [0.05, 0.1) is 16.7 Å². The van der Waals surface area contributed by atoms with E-state index in [1.165, 1.54) is 17.4 Å². The predicted octanol–water partition coefficient (Wildman–Crippen LogP) is 7.36. The van der Waals surface area contributed by atoms with Crippen LogP contribution in [0.25, 0.3) is 32.7 Å². The Balaban J connectivity index is 1.63. The Kier molecular flexibility index (Phi) is 5.01. The van der Waals surface area contributed by atoms with Gasteiger partial charge in [-0.05, 0) is 60.6 Å². The second-order valence-electron chi connectivity index (χ2n) is 7.72. The molecule has 4 nitrogen and oxygen atoms in total. The van der Waals surface area contributed by atoms with Crippen molar-refractivity contribution >= 4 is 62.3 Å². The molecule has 3 aromatic heterocycles. The van der Waals surface area contributed by atoms with Crippen molar-refractivity contribution < 1.29 is 4.39 Å². The number of thioether (sulfide) groups is 1. The van der Waals surface area contributed by atoms with Crippen molar-refractivity contribution in [2.75, 3.05) is 0 Å². The van der Waals surface area contributed by atoms with E-state index < -0.39 is 0 Å². The van der Waals surface area contributed by atoms with Crippen molar-refractivity contribution in [3.05, 3.63) is 93.7 Å². The fourth-order valence-electron chi connectivity index (χ4n) is 4.02. The summed E-state index contributed by atoms with van der Waals surface area (Å²) in [5.74, 6) is 0.355. The zero-order chi connectivity index (χ0) is 22.5. The van der Waals surface area contributed by atoms with Crippen LogP contribution in [0.15, 0.2) is 78.0 Å². The standard InChI is InChI=1S/C25H17FN4S3/c1-15-7-2-4-11-19(15)30-23-21(33-25(30)31)22-27-18-10-3-5-12-20(18)29(22)24(28-23)32-14-16-8-6-9-17(26)13-16/h2-13H,14H2,1H3. The van der Waals surface area contributed by atoms with E-state index in [1.807, 2.05) is 47.0 Å². The second-order valence-corrected chi connectivity index (χ2v) is 10.3. The van der Waals surface area contributed by atoms with Crippen molar-refractivity contribution in [2.24, 2.45) is 0 Å². The van der Waals surface area contributed by atoms with Gasteiger partial charge in [-0.2, -0.15) is 0 Å². The highest BCUT2D eigenvalue weighted by atomic mass is 32.2. The first-order chi connectivity index (χ1) is 16.1. The van der Waals surface area contributed by atoms with Crippen LogP contribution < -0.4 is 0 Å². The number of aromatic nitrogens is 4. The first-order valence-electron chi connectivity index (χ1n) is 10.4. The van der Waals surface area contributed by atoms with Gasteiger partial charge in [0, 0.05) is 5.75 Å². The summed E-state index contributed by atoms with van der Waals surface area (Å²) in [5.41, 5.74) is 6.57. The Morgan fingerprint density at radius 3 is 2.64 bits per heavy atom. The maximum absolute atomic E-state index is 13.7. The smallest absolute Gasteiger partial charge is 0.176 e. The first-order valence-corrected chi connectivity index (χ1v) is 12.6. The Labute approximate surface area is 202 Å². The summed E-state index contributed by atoms with van der Waals surface area (Å²) in [5, 5.41) is 0.797. The van der Waals surface area contributed by atoms with Crippen LogP contribution in [-0.2, 0) is 5.75 Å². The van der Waals surface area contributed by atoms with Crippen LogP contribution in [0.3, 0.4) is 0 Å². The topological polar surface area (TPSA) is 35.1 Å². The zero-order valence-corrected chi connectivity index (χ0v) is 20.0. The summed E-state index contributed by atoms with van der Waals surface area (Å²) in [7, 11) is 0. The molecule has 0 atom stereocenters. The van der Waals surface area contributed by atoms with Crippen LogP contribution >= 0.6 is 35.3 Å². The molecule has 3 aromatic carbocycles. The largest absolute Gasteiger partial charge is 0.275 e. The zero-order valence-electron chi connectivity index (χ0n) is 17.5. The fourth-order valence-corrected chi connectivity index (χ4v) is 6.31. The van der Waals surface area contributed by atoms with Gasteiger partial charge in [0.2, 0.25) is 0 Å². The van der Waals surface area contributed by atoms with Crippen LogP contribution in [0, 0.1) is 16.7 Å². The van der Waals surface area contributed by atoms with E-state index in [2.05, 4.69) is 23.5 Å². The number of thiazole rings is 1. The van der Waals surface area contributed by atoms with Crippen molar-refractivity contribution in [2.45, 2.75) is 17.8 Å². The lowest BCUT2D eigenvalue weighted by atomic mass is 10.2. The van der Waals surface area contributed by atoms with E-state index in [-0.39, 0.29) is 5.82 Å². The van der Waals surface area contributed by atoms with Gasteiger partial charge in [-0.1, -0.05) is 65.6 Å². The molecule has 162 valence electrons. The number of benzene rings is 3. The Morgan fingerprint density at radius 1 is 0.970 bits per heavy atom. The summed E-state index contributed by atoms with van der Waals surface area (Å²) in [6.07, 6.45) is 0. The minimum absolute atomic E-state index is 0.235. The normalized spacial score (nSPS) is 11.7. The minimum Gasteiger partial charge on any atom is -0.275 e. The number of imidazole rings is 1. The van der Waals surface area contributed by atoms with Gasteiger partial charge in [-0.15, -0.1) is 0 Å². The average molecular weight is 489 g/mol. The van der Waals surface area contributed by atoms with Crippen molar-refractivity contribution in [3.8, 4) is 5.69 Å². The van der Waals surface area contributed by atoms with E-state index >= 15 is 0 Å². The average Bonchev–Trinajstić information content (AvgIpc) is 3.36. The van der Waals surface area contributed by atoms with Gasteiger partial charge in [-0.3, -0.25) is 8.97 Å². The highest BCUT2D eigenvalue weighted by Crippen LogP contribution is 2.35. The molecule has 0 spiro atoms. The van der Waals surface area contributed by atoms with E-state index in [0.29, 0.717) is 5.75 Å². The van der Waals surface area contributed by atoms with Crippen LogP contribution in [0.2, 0.25) is 0 Å². The van der Waals surface area contributed by atoms with E-state index in [4.69, 9.17) is 22.2 Å². The van der Waals surface area contributed by atoms with Gasteiger partial charge in [0.15, 0.2) is 20.4 Å². The molecule has 3 heterocycles. The van der Waals surface area contributed by atoms with Crippen LogP contribution in [0.1, 0.15) is 11.1 Å². The molecular weight excluding hydrogens is 472 g/mol. The SMILES string of the molecule is Cc1ccccc1-n1c(=S)sc2c1nc(SCc1cccc(F)c1)n1c3ccccc3nc21. The van der Waals surface area contributed by atoms with Gasteiger partial charge in [-0.25, -0.2) is 14.4 Å². The third-order valence-electron chi connectivity index (χ3n) is 5.56. The lowest BCUT2D eigenvalue weighted by Crippen LogP contribution is -2.02. The molecule has 6 aromatic rings. The van der Waals surface area contributed by atoms with Gasteiger partial charge in [0.1, 0.15) is 10.5 Å². The Bertz CT molecular complexity index is 1730. The van der Waals surface area contributed by atoms with Crippen LogP contribution in [0.4, 0.5) is 4.39 Å². The quantitative estimate of drug-likeness (QED) is 0.148. The molecule has 0 fully saturated rings. The molecule has 0 amide bonds. The molecular formula is C25H17FN4S3. The maximum Gasteiger partial charge on any atom is 0.176 e. The van der Waals surface area contributed by atoms with Crippen LogP contribution in [-0.4, -0.2) is 18.9 Å².